The van der Waals surface area contributed by atoms with Crippen molar-refractivity contribution in [3.63, 3.8) is 0 Å². The van der Waals surface area contributed by atoms with E-state index in [0.29, 0.717) is 24.1 Å². The van der Waals surface area contributed by atoms with E-state index in [9.17, 15) is 4.57 Å². The molecule has 0 bridgehead atoms. The first-order chi connectivity index (χ1) is 14.8. The number of aromatic nitrogens is 2. The topological polar surface area (TPSA) is 88.2 Å². The van der Waals surface area contributed by atoms with Gasteiger partial charge in [0.2, 0.25) is 12.5 Å². The molecule has 0 aliphatic heterocycles. The Hall–Kier alpha value is -3.40. The van der Waals surface area contributed by atoms with E-state index in [2.05, 4.69) is 25.9 Å². The first-order valence-electron chi connectivity index (χ1n) is 9.79. The number of ether oxygens (including phenoxy) is 1. The molecule has 1 aromatic heterocycles. The molecule has 0 fully saturated rings. The zero-order valence-electron chi connectivity index (χ0n) is 18.1. The van der Waals surface area contributed by atoms with Gasteiger partial charge in [0.1, 0.15) is 18.7 Å². The van der Waals surface area contributed by atoms with Crippen molar-refractivity contribution in [3.8, 4) is 5.75 Å². The van der Waals surface area contributed by atoms with Crippen molar-refractivity contribution >= 4 is 41.3 Å². The summed E-state index contributed by atoms with van der Waals surface area (Å²) in [6, 6.07) is 13.2. The van der Waals surface area contributed by atoms with Crippen molar-refractivity contribution in [1.29, 1.82) is 0 Å². The largest absolute Gasteiger partial charge is 0.494 e. The van der Waals surface area contributed by atoms with Gasteiger partial charge < -0.3 is 25.3 Å². The molecule has 0 saturated heterocycles. The van der Waals surface area contributed by atoms with Gasteiger partial charge in [0.25, 0.3) is 0 Å². The number of rotatable bonds is 9. The number of aryl methyl sites for hydroxylation is 1. The lowest BCUT2D eigenvalue weighted by atomic mass is 10.2. The number of hydrogen-bond donors (Lipinski definition) is 3. The smallest absolute Gasteiger partial charge is 0.229 e. The van der Waals surface area contributed by atoms with Gasteiger partial charge in [-0.15, -0.1) is 0 Å². The Morgan fingerprint density at radius 1 is 1.13 bits per heavy atom. The van der Waals surface area contributed by atoms with Crippen LogP contribution in [-0.2, 0) is 4.57 Å². The Bertz CT molecular complexity index is 1130. The van der Waals surface area contributed by atoms with Gasteiger partial charge in [0.15, 0.2) is 6.08 Å². The number of nitrogens with one attached hydrogen (secondary N) is 3. The highest BCUT2D eigenvalue weighted by molar-refractivity contribution is 7.70. The molecule has 3 rings (SSSR count). The minimum Gasteiger partial charge on any atom is -0.494 e. The van der Waals surface area contributed by atoms with E-state index in [0.717, 1.165) is 27.9 Å². The maximum atomic E-state index is 12.7. The Balaban J connectivity index is 1.87. The van der Waals surface area contributed by atoms with Gasteiger partial charge in [-0.25, -0.2) is 4.98 Å². The molecule has 0 aliphatic carbocycles. The highest BCUT2D eigenvalue weighted by Crippen LogP contribution is 2.38. The zero-order chi connectivity index (χ0) is 22.4. The Morgan fingerprint density at radius 2 is 1.90 bits per heavy atom. The normalized spacial score (nSPS) is 10.9. The average molecular weight is 436 g/mol. The van der Waals surface area contributed by atoms with Crippen LogP contribution in [-0.4, -0.2) is 37.0 Å². The standard InChI is InChI=1S/C23H27N5O2P/c1-6-13-24-17-11-12-18(20(14-17)30-3)27-23-25-15-16(2)22(28-23)26-19-9-7-8-10-21(19)31(4,5)29/h1,6-12,14-15,24H,13H2,2-5H3,(H2,25,26,27,28)/q+1. The van der Waals surface area contributed by atoms with Crippen LogP contribution in [0.4, 0.5) is 28.8 Å². The maximum Gasteiger partial charge on any atom is 0.229 e. The van der Waals surface area contributed by atoms with Crippen LogP contribution in [0.25, 0.3) is 0 Å². The third-order valence-electron chi connectivity index (χ3n) is 4.58. The first kappa shape index (κ1) is 22.3. The lowest BCUT2D eigenvalue weighted by molar-refractivity contribution is 0.417. The van der Waals surface area contributed by atoms with Crippen LogP contribution in [0, 0.1) is 13.5 Å². The van der Waals surface area contributed by atoms with E-state index in [4.69, 9.17) is 11.3 Å². The van der Waals surface area contributed by atoms with Crippen molar-refractivity contribution in [1.82, 2.24) is 9.97 Å². The average Bonchev–Trinajstić information content (AvgIpc) is 2.75. The number of nitrogens with zero attached hydrogens (tertiary/aromatic N) is 2. The Morgan fingerprint density at radius 3 is 2.61 bits per heavy atom. The highest BCUT2D eigenvalue weighted by Gasteiger charge is 2.17. The summed E-state index contributed by atoms with van der Waals surface area (Å²) in [6.07, 6.45) is 3.28. The molecule has 3 N–H and O–H groups in total. The van der Waals surface area contributed by atoms with Gasteiger partial charge in [0.05, 0.1) is 25.0 Å². The van der Waals surface area contributed by atoms with E-state index < -0.39 is 7.14 Å². The molecule has 2 aromatic carbocycles. The number of benzene rings is 2. The molecule has 0 radical (unpaired) electrons. The van der Waals surface area contributed by atoms with Gasteiger partial charge in [0, 0.05) is 28.8 Å². The number of hydrogen-bond acceptors (Lipinski definition) is 7. The van der Waals surface area contributed by atoms with Gasteiger partial charge in [-0.2, -0.15) is 4.98 Å². The minimum absolute atomic E-state index is 0.413. The van der Waals surface area contributed by atoms with Crippen molar-refractivity contribution in [2.24, 2.45) is 0 Å². The van der Waals surface area contributed by atoms with E-state index in [-0.39, 0.29) is 0 Å². The Kier molecular flexibility index (Phi) is 6.91. The molecular weight excluding hydrogens is 409 g/mol. The number of para-hydroxylation sites is 1. The second-order valence-electron chi connectivity index (χ2n) is 7.37. The van der Waals surface area contributed by atoms with Gasteiger partial charge in [-0.05, 0) is 44.5 Å². The summed E-state index contributed by atoms with van der Waals surface area (Å²) in [7, 11) is -0.848. The molecular formula is C23H27N5O2P+. The highest BCUT2D eigenvalue weighted by atomic mass is 31.2. The van der Waals surface area contributed by atoms with E-state index in [1.54, 1.807) is 32.7 Å². The van der Waals surface area contributed by atoms with Crippen molar-refractivity contribution < 1.29 is 9.30 Å². The second-order valence-corrected chi connectivity index (χ2v) is 10.6. The van der Waals surface area contributed by atoms with Crippen molar-refractivity contribution in [3.05, 3.63) is 66.9 Å². The third-order valence-corrected chi connectivity index (χ3v) is 6.13. The molecule has 1 heterocycles. The fourth-order valence-electron chi connectivity index (χ4n) is 3.01. The summed E-state index contributed by atoms with van der Waals surface area (Å²) in [5, 5.41) is 10.5. The summed E-state index contributed by atoms with van der Waals surface area (Å²) in [5.74, 6) is 1.69. The summed E-state index contributed by atoms with van der Waals surface area (Å²) in [6.45, 7) is 11.4. The molecule has 7 nitrogen and oxygen atoms in total. The van der Waals surface area contributed by atoms with Crippen LogP contribution < -0.4 is 26.0 Å². The fraction of sp³-hybridized carbons (Fsp3) is 0.217. The molecule has 0 saturated carbocycles. The molecule has 0 amide bonds. The van der Waals surface area contributed by atoms with Crippen LogP contribution in [0.15, 0.2) is 54.7 Å². The van der Waals surface area contributed by atoms with E-state index in [1.807, 2.05) is 49.4 Å². The molecule has 8 heteroatoms. The van der Waals surface area contributed by atoms with Crippen LogP contribution in [0.2, 0.25) is 0 Å². The van der Waals surface area contributed by atoms with Crippen LogP contribution in [0.1, 0.15) is 5.56 Å². The fourth-order valence-corrected chi connectivity index (χ4v) is 4.16. The molecule has 0 aliphatic rings. The Labute approximate surface area is 183 Å². The van der Waals surface area contributed by atoms with Crippen LogP contribution >= 0.6 is 7.14 Å². The third kappa shape index (κ3) is 5.60. The zero-order valence-corrected chi connectivity index (χ0v) is 19.0. The summed E-state index contributed by atoms with van der Waals surface area (Å²) >= 11 is 0. The summed E-state index contributed by atoms with van der Waals surface area (Å²) < 4.78 is 18.2. The van der Waals surface area contributed by atoms with Crippen LogP contribution in [0.3, 0.4) is 0 Å². The predicted octanol–water partition coefficient (Wildman–Crippen LogP) is 4.93. The van der Waals surface area contributed by atoms with Gasteiger partial charge in [-0.3, -0.25) is 0 Å². The number of anilines is 5. The lowest BCUT2D eigenvalue weighted by Crippen LogP contribution is -2.11. The number of methoxy groups -OCH3 is 1. The molecule has 3 aromatic rings. The minimum atomic E-state index is -2.45. The molecule has 160 valence electrons. The molecule has 0 spiro atoms. The molecule has 0 atom stereocenters. The van der Waals surface area contributed by atoms with Crippen molar-refractivity contribution in [2.75, 3.05) is 42.9 Å². The van der Waals surface area contributed by atoms with Crippen LogP contribution in [0.5, 0.6) is 5.75 Å². The SMILES string of the molecule is [CH+]=CCNc1ccc(Nc2ncc(C)c(Nc3ccccc3P(C)(C)=O)n2)c(OC)c1. The molecule has 31 heavy (non-hydrogen) atoms. The summed E-state index contributed by atoms with van der Waals surface area (Å²) in [4.78, 5) is 9.00. The summed E-state index contributed by atoms with van der Waals surface area (Å²) in [5.41, 5.74) is 3.25. The second kappa shape index (κ2) is 9.61. The van der Waals surface area contributed by atoms with E-state index in [1.165, 1.54) is 0 Å². The van der Waals surface area contributed by atoms with E-state index >= 15 is 0 Å². The maximum absolute atomic E-state index is 12.7. The van der Waals surface area contributed by atoms with Gasteiger partial charge in [-0.1, -0.05) is 12.1 Å². The lowest BCUT2D eigenvalue weighted by Gasteiger charge is -2.17. The first-order valence-corrected chi connectivity index (χ1v) is 12.4. The predicted molar refractivity (Wildman–Crippen MR) is 129 cm³/mol. The van der Waals surface area contributed by atoms with Crippen molar-refractivity contribution in [2.45, 2.75) is 6.92 Å². The molecule has 0 unspecified atom stereocenters. The van der Waals surface area contributed by atoms with Gasteiger partial charge >= 0.3 is 0 Å². The monoisotopic (exact) mass is 436 g/mol. The quantitative estimate of drug-likeness (QED) is 0.324.